The summed E-state index contributed by atoms with van der Waals surface area (Å²) in [5, 5.41) is 2.55. The SMILES string of the molecule is [CH2][C@H](C)Nc1ccc(C(F)(F)F)c(Cl)c1. The number of anilines is 1. The lowest BCUT2D eigenvalue weighted by molar-refractivity contribution is -0.137. The molecule has 5 heteroatoms. The van der Waals surface area contributed by atoms with Gasteiger partial charge in [0.2, 0.25) is 0 Å². The fraction of sp³-hybridized carbons (Fsp3) is 0.300. The van der Waals surface area contributed by atoms with Crippen LogP contribution in [0.25, 0.3) is 0 Å². The second-order valence-corrected chi connectivity index (χ2v) is 3.64. The number of hydrogen-bond acceptors (Lipinski definition) is 1. The minimum Gasteiger partial charge on any atom is -0.383 e. The van der Waals surface area contributed by atoms with E-state index in [0.717, 1.165) is 6.07 Å². The largest absolute Gasteiger partial charge is 0.417 e. The van der Waals surface area contributed by atoms with Gasteiger partial charge in [0.25, 0.3) is 0 Å². The third kappa shape index (κ3) is 3.30. The van der Waals surface area contributed by atoms with E-state index >= 15 is 0 Å². The van der Waals surface area contributed by atoms with Gasteiger partial charge in [-0.1, -0.05) is 11.6 Å². The molecule has 0 aliphatic heterocycles. The standard InChI is InChI=1S/C10H10ClF3N/c1-6(2)15-7-3-4-8(9(11)5-7)10(12,13)14/h3-6,15H,1H2,2H3/t6-/m1/s1. The number of nitrogens with one attached hydrogen (secondary N) is 1. The van der Waals surface area contributed by atoms with E-state index in [4.69, 9.17) is 11.6 Å². The average molecular weight is 237 g/mol. The van der Waals surface area contributed by atoms with Gasteiger partial charge >= 0.3 is 6.18 Å². The highest BCUT2D eigenvalue weighted by Crippen LogP contribution is 2.35. The van der Waals surface area contributed by atoms with Crippen molar-refractivity contribution in [1.29, 1.82) is 0 Å². The van der Waals surface area contributed by atoms with Gasteiger partial charge in [-0.2, -0.15) is 13.2 Å². The summed E-state index contributed by atoms with van der Waals surface area (Å²) in [4.78, 5) is 0. The van der Waals surface area contributed by atoms with Crippen LogP contribution >= 0.6 is 11.6 Å². The zero-order valence-electron chi connectivity index (χ0n) is 8.03. The smallest absolute Gasteiger partial charge is 0.383 e. The predicted molar refractivity (Wildman–Crippen MR) is 54.9 cm³/mol. The predicted octanol–water partition coefficient (Wildman–Crippen LogP) is 3.99. The van der Waals surface area contributed by atoms with Crippen LogP contribution in [0, 0.1) is 6.92 Å². The Hall–Kier alpha value is -0.900. The van der Waals surface area contributed by atoms with Crippen LogP contribution in [0.3, 0.4) is 0 Å². The number of benzene rings is 1. The molecule has 15 heavy (non-hydrogen) atoms. The Bertz CT molecular complexity index is 347. The first kappa shape index (κ1) is 12.2. The van der Waals surface area contributed by atoms with E-state index in [1.165, 1.54) is 12.1 Å². The molecule has 0 saturated carbocycles. The normalized spacial score (nSPS) is 11.9. The van der Waals surface area contributed by atoms with Gasteiger partial charge in [0.1, 0.15) is 0 Å². The molecule has 0 heterocycles. The van der Waals surface area contributed by atoms with Crippen LogP contribution < -0.4 is 5.32 Å². The average Bonchev–Trinajstić information content (AvgIpc) is 1.99. The first-order valence-electron chi connectivity index (χ1n) is 4.27. The van der Waals surface area contributed by atoms with Crippen molar-refractivity contribution in [3.8, 4) is 0 Å². The van der Waals surface area contributed by atoms with Crippen LogP contribution in [0.5, 0.6) is 0 Å². The van der Waals surface area contributed by atoms with Crippen LogP contribution in [-0.4, -0.2) is 6.04 Å². The molecule has 1 N–H and O–H groups in total. The second-order valence-electron chi connectivity index (χ2n) is 3.24. The summed E-state index contributed by atoms with van der Waals surface area (Å²) in [6.07, 6.45) is -4.41. The molecule has 1 rings (SSSR count). The number of rotatable bonds is 2. The van der Waals surface area contributed by atoms with Gasteiger partial charge < -0.3 is 5.32 Å². The number of halogens is 4. The molecule has 0 bridgehead atoms. The van der Waals surface area contributed by atoms with E-state index in [9.17, 15) is 13.2 Å². The van der Waals surface area contributed by atoms with Crippen molar-refractivity contribution in [2.24, 2.45) is 0 Å². The molecule has 0 amide bonds. The summed E-state index contributed by atoms with van der Waals surface area (Å²) in [6.45, 7) is 5.44. The first-order chi connectivity index (χ1) is 6.80. The fourth-order valence-corrected chi connectivity index (χ4v) is 1.41. The maximum atomic E-state index is 12.3. The van der Waals surface area contributed by atoms with Crippen molar-refractivity contribution in [1.82, 2.24) is 0 Å². The molecule has 1 aromatic rings. The first-order valence-corrected chi connectivity index (χ1v) is 4.65. The van der Waals surface area contributed by atoms with Crippen LogP contribution in [0.1, 0.15) is 12.5 Å². The molecule has 0 fully saturated rings. The Balaban J connectivity index is 2.99. The Kier molecular flexibility index (Phi) is 3.50. The van der Waals surface area contributed by atoms with Crippen LogP contribution in [0.4, 0.5) is 18.9 Å². The van der Waals surface area contributed by atoms with Gasteiger partial charge in [0.15, 0.2) is 0 Å². The van der Waals surface area contributed by atoms with Crippen LogP contribution in [0.2, 0.25) is 5.02 Å². The summed E-state index contributed by atoms with van der Waals surface area (Å²) in [5.41, 5.74) is -0.304. The number of hydrogen-bond donors (Lipinski definition) is 1. The molecule has 0 aromatic heterocycles. The Morgan fingerprint density at radius 1 is 1.40 bits per heavy atom. The van der Waals surface area contributed by atoms with Crippen molar-refractivity contribution in [3.05, 3.63) is 35.7 Å². The van der Waals surface area contributed by atoms with E-state index < -0.39 is 11.7 Å². The molecular weight excluding hydrogens is 227 g/mol. The van der Waals surface area contributed by atoms with Crippen molar-refractivity contribution in [2.45, 2.75) is 19.1 Å². The van der Waals surface area contributed by atoms with Crippen LogP contribution in [0.15, 0.2) is 18.2 Å². The lowest BCUT2D eigenvalue weighted by Crippen LogP contribution is -2.11. The molecule has 1 nitrogen and oxygen atoms in total. The third-order valence-electron chi connectivity index (χ3n) is 1.69. The van der Waals surface area contributed by atoms with E-state index in [1.54, 1.807) is 6.92 Å². The quantitative estimate of drug-likeness (QED) is 0.819. The van der Waals surface area contributed by atoms with E-state index in [-0.39, 0.29) is 11.1 Å². The van der Waals surface area contributed by atoms with E-state index in [1.807, 2.05) is 0 Å². The van der Waals surface area contributed by atoms with Crippen molar-refractivity contribution in [2.75, 3.05) is 5.32 Å². The summed E-state index contributed by atoms with van der Waals surface area (Å²) in [6, 6.07) is 3.42. The van der Waals surface area contributed by atoms with Gasteiger partial charge in [-0.15, -0.1) is 0 Å². The van der Waals surface area contributed by atoms with E-state index in [0.29, 0.717) is 5.69 Å². The summed E-state index contributed by atoms with van der Waals surface area (Å²) < 4.78 is 37.0. The second kappa shape index (κ2) is 4.31. The van der Waals surface area contributed by atoms with Crippen molar-refractivity contribution < 1.29 is 13.2 Å². The van der Waals surface area contributed by atoms with E-state index in [2.05, 4.69) is 12.2 Å². The van der Waals surface area contributed by atoms with Gasteiger partial charge in [-0.05, 0) is 32.0 Å². The summed E-state index contributed by atoms with van der Waals surface area (Å²) >= 11 is 5.52. The van der Waals surface area contributed by atoms with Gasteiger partial charge in [-0.25, -0.2) is 0 Å². The van der Waals surface area contributed by atoms with Crippen LogP contribution in [-0.2, 0) is 6.18 Å². The molecule has 1 aromatic carbocycles. The highest BCUT2D eigenvalue weighted by molar-refractivity contribution is 6.31. The number of alkyl halides is 3. The Morgan fingerprint density at radius 3 is 2.40 bits per heavy atom. The molecule has 0 spiro atoms. The van der Waals surface area contributed by atoms with Crippen molar-refractivity contribution >= 4 is 17.3 Å². The van der Waals surface area contributed by atoms with Crippen molar-refractivity contribution in [3.63, 3.8) is 0 Å². The Morgan fingerprint density at radius 2 is 2.00 bits per heavy atom. The van der Waals surface area contributed by atoms with Gasteiger partial charge in [-0.3, -0.25) is 0 Å². The maximum absolute atomic E-state index is 12.3. The zero-order chi connectivity index (χ0) is 11.6. The molecule has 0 unspecified atom stereocenters. The molecule has 1 radical (unpaired) electrons. The monoisotopic (exact) mass is 236 g/mol. The minimum atomic E-state index is -4.41. The summed E-state index contributed by atoms with van der Waals surface area (Å²) in [5.74, 6) is 0. The molecule has 83 valence electrons. The topological polar surface area (TPSA) is 12.0 Å². The molecule has 0 saturated heterocycles. The molecule has 0 aliphatic carbocycles. The Labute approximate surface area is 91.2 Å². The lowest BCUT2D eigenvalue weighted by atomic mass is 10.2. The molecule has 0 aliphatic rings. The molecular formula is C10H10ClF3N. The zero-order valence-corrected chi connectivity index (χ0v) is 8.78. The third-order valence-corrected chi connectivity index (χ3v) is 2.00. The van der Waals surface area contributed by atoms with Gasteiger partial charge in [0.05, 0.1) is 10.6 Å². The minimum absolute atomic E-state index is 0.0993. The summed E-state index contributed by atoms with van der Waals surface area (Å²) in [7, 11) is 0. The highest BCUT2D eigenvalue weighted by atomic mass is 35.5. The highest BCUT2D eigenvalue weighted by Gasteiger charge is 2.32. The fourth-order valence-electron chi connectivity index (χ4n) is 1.12. The van der Waals surface area contributed by atoms with Gasteiger partial charge in [0, 0.05) is 11.7 Å². The molecule has 1 atom stereocenters. The lowest BCUT2D eigenvalue weighted by Gasteiger charge is -2.13. The maximum Gasteiger partial charge on any atom is 0.417 e.